The van der Waals surface area contributed by atoms with Crippen LogP contribution in [0.25, 0.3) is 5.65 Å². The van der Waals surface area contributed by atoms with E-state index in [1.165, 1.54) is 0 Å². The molecule has 2 heterocycles. The predicted molar refractivity (Wildman–Crippen MR) is 51.6 cm³/mol. The van der Waals surface area contributed by atoms with Gasteiger partial charge in [-0.3, -0.25) is 0 Å². The van der Waals surface area contributed by atoms with Gasteiger partial charge in [-0.1, -0.05) is 0 Å². The number of aromatic carboxylic acids is 1. The van der Waals surface area contributed by atoms with E-state index in [0.717, 1.165) is 11.3 Å². The molecule has 0 atom stereocenters. The molecule has 0 unspecified atom stereocenters. The fourth-order valence-corrected chi connectivity index (χ4v) is 1.67. The Balaban J connectivity index is 2.93. The lowest BCUT2D eigenvalue weighted by atomic mass is 10.1. The number of fused-ring (bicyclic) bond motifs is 1. The molecule has 0 aliphatic rings. The molecule has 0 spiro atoms. The highest BCUT2D eigenvalue weighted by molar-refractivity contribution is 5.96. The summed E-state index contributed by atoms with van der Waals surface area (Å²) in [6.45, 7) is 3.71. The van der Waals surface area contributed by atoms with Gasteiger partial charge in [0.25, 0.3) is 0 Å². The zero-order chi connectivity index (χ0) is 10.3. The molecule has 0 aliphatic heterocycles. The summed E-state index contributed by atoms with van der Waals surface area (Å²) in [6.07, 6.45) is 3.37. The van der Waals surface area contributed by atoms with Crippen LogP contribution < -0.4 is 0 Å². The fourth-order valence-electron chi connectivity index (χ4n) is 1.67. The summed E-state index contributed by atoms with van der Waals surface area (Å²) in [6, 6.07) is 1.85. The third kappa shape index (κ3) is 1.08. The second kappa shape index (κ2) is 2.83. The summed E-state index contributed by atoms with van der Waals surface area (Å²) < 4.78 is 1.77. The summed E-state index contributed by atoms with van der Waals surface area (Å²) in [4.78, 5) is 15.0. The van der Waals surface area contributed by atoms with E-state index in [1.54, 1.807) is 23.7 Å². The van der Waals surface area contributed by atoms with Gasteiger partial charge in [-0.25, -0.2) is 9.78 Å². The molecule has 4 nitrogen and oxygen atoms in total. The number of hydrogen-bond acceptors (Lipinski definition) is 2. The van der Waals surface area contributed by atoms with E-state index < -0.39 is 5.97 Å². The molecule has 0 aliphatic carbocycles. The van der Waals surface area contributed by atoms with Gasteiger partial charge in [-0.15, -0.1) is 0 Å². The van der Waals surface area contributed by atoms with Crippen molar-refractivity contribution in [3.63, 3.8) is 0 Å². The zero-order valence-corrected chi connectivity index (χ0v) is 7.98. The van der Waals surface area contributed by atoms with Crippen LogP contribution in [-0.4, -0.2) is 20.5 Å². The molecule has 0 fully saturated rings. The summed E-state index contributed by atoms with van der Waals surface area (Å²) in [5, 5.41) is 9.02. The normalized spacial score (nSPS) is 10.7. The van der Waals surface area contributed by atoms with Gasteiger partial charge in [0.05, 0.1) is 0 Å². The van der Waals surface area contributed by atoms with E-state index in [4.69, 9.17) is 5.11 Å². The molecule has 0 saturated heterocycles. The van der Waals surface area contributed by atoms with E-state index in [1.807, 2.05) is 13.0 Å². The van der Waals surface area contributed by atoms with E-state index in [2.05, 4.69) is 4.98 Å². The Morgan fingerprint density at radius 1 is 1.50 bits per heavy atom. The molecule has 0 radical (unpaired) electrons. The molecule has 0 saturated carbocycles. The lowest BCUT2D eigenvalue weighted by Gasteiger charge is -2.06. The van der Waals surface area contributed by atoms with Crippen LogP contribution in [0.4, 0.5) is 0 Å². The Labute approximate surface area is 80.8 Å². The minimum atomic E-state index is -0.932. The average Bonchev–Trinajstić information content (AvgIpc) is 2.51. The standard InChI is InChI=1S/C10H10N2O2/c1-6-5-7(2)12-4-3-11-9(12)8(6)10(13)14/h3-5H,1-2H3,(H,13,14). The molecule has 4 heteroatoms. The Hall–Kier alpha value is -1.84. The lowest BCUT2D eigenvalue weighted by molar-refractivity contribution is 0.0697. The first-order chi connectivity index (χ1) is 6.61. The van der Waals surface area contributed by atoms with Crippen molar-refractivity contribution in [2.75, 3.05) is 0 Å². The van der Waals surface area contributed by atoms with Crippen LogP contribution in [-0.2, 0) is 0 Å². The average molecular weight is 190 g/mol. The summed E-state index contributed by atoms with van der Waals surface area (Å²) in [5.74, 6) is -0.932. The smallest absolute Gasteiger partial charge is 0.339 e. The van der Waals surface area contributed by atoms with Gasteiger partial charge in [-0.05, 0) is 25.5 Å². The minimum Gasteiger partial charge on any atom is -0.478 e. The molecule has 2 aromatic rings. The lowest BCUT2D eigenvalue weighted by Crippen LogP contribution is -2.05. The van der Waals surface area contributed by atoms with E-state index in [-0.39, 0.29) is 5.56 Å². The molecule has 2 aromatic heterocycles. The number of aryl methyl sites for hydroxylation is 2. The van der Waals surface area contributed by atoms with Gasteiger partial charge < -0.3 is 9.51 Å². The molecule has 1 N–H and O–H groups in total. The third-order valence-corrected chi connectivity index (χ3v) is 2.28. The fraction of sp³-hybridized carbons (Fsp3) is 0.200. The van der Waals surface area contributed by atoms with Crippen LogP contribution in [0.1, 0.15) is 21.6 Å². The monoisotopic (exact) mass is 190 g/mol. The van der Waals surface area contributed by atoms with Gasteiger partial charge in [0, 0.05) is 18.1 Å². The van der Waals surface area contributed by atoms with Crippen LogP contribution in [0.2, 0.25) is 0 Å². The molecule has 14 heavy (non-hydrogen) atoms. The topological polar surface area (TPSA) is 54.6 Å². The van der Waals surface area contributed by atoms with Crippen molar-refractivity contribution in [2.24, 2.45) is 0 Å². The molecule has 2 rings (SSSR count). The molecular weight excluding hydrogens is 180 g/mol. The number of carboxylic acids is 1. The van der Waals surface area contributed by atoms with Crippen molar-refractivity contribution in [2.45, 2.75) is 13.8 Å². The molecule has 0 amide bonds. The summed E-state index contributed by atoms with van der Waals surface area (Å²) in [7, 11) is 0. The quantitative estimate of drug-likeness (QED) is 0.743. The highest BCUT2D eigenvalue weighted by Crippen LogP contribution is 2.16. The minimum absolute atomic E-state index is 0.278. The maximum Gasteiger partial charge on any atom is 0.339 e. The molecular formula is C10H10N2O2. The van der Waals surface area contributed by atoms with Crippen LogP contribution in [0.5, 0.6) is 0 Å². The van der Waals surface area contributed by atoms with Gasteiger partial charge in [0.15, 0.2) is 5.65 Å². The number of hydrogen-bond donors (Lipinski definition) is 1. The number of pyridine rings is 1. The maximum atomic E-state index is 11.0. The Kier molecular flexibility index (Phi) is 1.77. The molecule has 0 bridgehead atoms. The van der Waals surface area contributed by atoms with Crippen molar-refractivity contribution in [3.05, 3.63) is 35.3 Å². The van der Waals surface area contributed by atoms with E-state index >= 15 is 0 Å². The van der Waals surface area contributed by atoms with Gasteiger partial charge in [0.2, 0.25) is 0 Å². The number of rotatable bonds is 1. The van der Waals surface area contributed by atoms with Crippen LogP contribution >= 0.6 is 0 Å². The number of nitrogens with zero attached hydrogens (tertiary/aromatic N) is 2. The van der Waals surface area contributed by atoms with Gasteiger partial charge in [-0.2, -0.15) is 0 Å². The second-order valence-corrected chi connectivity index (χ2v) is 3.27. The number of carbonyl (C=O) groups is 1. The van der Waals surface area contributed by atoms with Crippen molar-refractivity contribution in [3.8, 4) is 0 Å². The van der Waals surface area contributed by atoms with Crippen molar-refractivity contribution in [1.29, 1.82) is 0 Å². The first kappa shape index (κ1) is 8.74. The molecule has 72 valence electrons. The first-order valence-corrected chi connectivity index (χ1v) is 4.28. The maximum absolute atomic E-state index is 11.0. The van der Waals surface area contributed by atoms with Crippen molar-refractivity contribution in [1.82, 2.24) is 9.38 Å². The van der Waals surface area contributed by atoms with Gasteiger partial charge in [0.1, 0.15) is 5.56 Å². The number of aromatic nitrogens is 2. The van der Waals surface area contributed by atoms with Crippen molar-refractivity contribution < 1.29 is 9.90 Å². The third-order valence-electron chi connectivity index (χ3n) is 2.28. The number of imidazole rings is 1. The first-order valence-electron chi connectivity index (χ1n) is 4.28. The number of carboxylic acid groups (broad SMARTS) is 1. The van der Waals surface area contributed by atoms with E-state index in [9.17, 15) is 4.79 Å². The van der Waals surface area contributed by atoms with Crippen LogP contribution in [0, 0.1) is 13.8 Å². The van der Waals surface area contributed by atoms with Crippen LogP contribution in [0.15, 0.2) is 18.5 Å². The summed E-state index contributed by atoms with van der Waals surface area (Å²) >= 11 is 0. The second-order valence-electron chi connectivity index (χ2n) is 3.27. The zero-order valence-electron chi connectivity index (χ0n) is 7.98. The SMILES string of the molecule is Cc1cc(C)n2ccnc2c1C(=O)O. The van der Waals surface area contributed by atoms with Crippen molar-refractivity contribution >= 4 is 11.6 Å². The predicted octanol–water partition coefficient (Wildman–Crippen LogP) is 1.65. The van der Waals surface area contributed by atoms with Gasteiger partial charge >= 0.3 is 5.97 Å². The highest BCUT2D eigenvalue weighted by atomic mass is 16.4. The largest absolute Gasteiger partial charge is 0.478 e. The Morgan fingerprint density at radius 3 is 2.86 bits per heavy atom. The Bertz CT molecular complexity index is 514. The Morgan fingerprint density at radius 2 is 2.21 bits per heavy atom. The molecule has 0 aromatic carbocycles. The van der Waals surface area contributed by atoms with E-state index in [0.29, 0.717) is 5.65 Å². The summed E-state index contributed by atoms with van der Waals surface area (Å²) in [5.41, 5.74) is 2.52. The highest BCUT2D eigenvalue weighted by Gasteiger charge is 2.14. The van der Waals surface area contributed by atoms with Crippen LogP contribution in [0.3, 0.4) is 0 Å².